The van der Waals surface area contributed by atoms with Crippen LogP contribution in [0.5, 0.6) is 0 Å². The van der Waals surface area contributed by atoms with E-state index in [9.17, 15) is 14.4 Å². The molecule has 1 fully saturated rings. The number of carbonyl (C=O) groups is 3. The average molecular weight is 268 g/mol. The topological polar surface area (TPSA) is 66.5 Å². The second-order valence-corrected chi connectivity index (χ2v) is 6.20. The minimum absolute atomic E-state index is 0.160. The normalized spacial score (nSPS) is 24.9. The van der Waals surface area contributed by atoms with Crippen LogP contribution in [-0.4, -0.2) is 42.1 Å². The Balaban J connectivity index is 2.91. The smallest absolute Gasteiger partial charge is 0.246 e. The van der Waals surface area contributed by atoms with E-state index in [1.165, 1.54) is 0 Å². The monoisotopic (exact) mass is 268 g/mol. The van der Waals surface area contributed by atoms with Crippen LogP contribution in [-0.2, 0) is 14.4 Å². The highest BCUT2D eigenvalue weighted by molar-refractivity contribution is 5.87. The Kier molecular flexibility index (Phi) is 5.09. The van der Waals surface area contributed by atoms with Gasteiger partial charge in [-0.1, -0.05) is 34.1 Å². The molecule has 0 bridgehead atoms. The van der Waals surface area contributed by atoms with Crippen molar-refractivity contribution in [3.63, 3.8) is 0 Å². The van der Waals surface area contributed by atoms with E-state index in [0.29, 0.717) is 13.0 Å². The van der Waals surface area contributed by atoms with Gasteiger partial charge in [-0.2, -0.15) is 0 Å². The Bertz CT molecular complexity index is 349. The van der Waals surface area contributed by atoms with Crippen molar-refractivity contribution in [2.24, 2.45) is 11.3 Å². The van der Waals surface area contributed by atoms with Gasteiger partial charge in [0.1, 0.15) is 12.3 Å². The molecule has 1 N–H and O–H groups in total. The van der Waals surface area contributed by atoms with E-state index in [0.717, 1.165) is 19.1 Å². The van der Waals surface area contributed by atoms with Crippen LogP contribution in [0.15, 0.2) is 0 Å². The predicted molar refractivity (Wildman–Crippen MR) is 72.4 cm³/mol. The lowest BCUT2D eigenvalue weighted by Gasteiger charge is -2.34. The van der Waals surface area contributed by atoms with Crippen LogP contribution in [0, 0.1) is 11.3 Å². The molecule has 1 aliphatic heterocycles. The first-order valence-electron chi connectivity index (χ1n) is 6.82. The summed E-state index contributed by atoms with van der Waals surface area (Å²) in [6, 6.07) is -0.946. The van der Waals surface area contributed by atoms with Gasteiger partial charge in [-0.3, -0.25) is 9.59 Å². The number of hydrogen-bond donors (Lipinski definition) is 1. The minimum Gasteiger partial charge on any atom is -0.346 e. The number of nitrogens with one attached hydrogen (secondary N) is 1. The fourth-order valence-corrected chi connectivity index (χ4v) is 2.69. The Morgan fingerprint density at radius 3 is 2.47 bits per heavy atom. The van der Waals surface area contributed by atoms with E-state index in [1.807, 2.05) is 27.7 Å². The molecule has 1 aliphatic rings. The third-order valence-corrected chi connectivity index (χ3v) is 3.88. The van der Waals surface area contributed by atoms with Gasteiger partial charge in [0.2, 0.25) is 12.3 Å². The molecule has 0 aromatic heterocycles. The summed E-state index contributed by atoms with van der Waals surface area (Å²) in [5.74, 6) is 0.0750. The highest BCUT2D eigenvalue weighted by Crippen LogP contribution is 2.29. The number of rotatable bonds is 5. The number of carbonyl (C=O) groups excluding carboxylic acids is 3. The zero-order valence-corrected chi connectivity index (χ0v) is 12.2. The Morgan fingerprint density at radius 1 is 1.42 bits per heavy atom. The average Bonchev–Trinajstić information content (AvgIpc) is 2.76. The standard InChI is InChI=1S/C14H24N2O3/c1-5-10-6-7-16(11(10)8-17)13(19)12(15-9-18)14(2,3)4/h8-12H,5-7H2,1-4H3,(H,15,18)/t10?,11?,12-/m1/s1. The summed E-state index contributed by atoms with van der Waals surface area (Å²) in [5.41, 5.74) is -0.379. The van der Waals surface area contributed by atoms with Crippen LogP contribution >= 0.6 is 0 Å². The summed E-state index contributed by atoms with van der Waals surface area (Å²) in [6.07, 6.45) is 3.15. The maximum Gasteiger partial charge on any atom is 0.246 e. The summed E-state index contributed by atoms with van der Waals surface area (Å²) in [4.78, 5) is 36.1. The second-order valence-electron chi connectivity index (χ2n) is 6.20. The van der Waals surface area contributed by atoms with Gasteiger partial charge in [0, 0.05) is 6.54 Å². The van der Waals surface area contributed by atoms with E-state index in [2.05, 4.69) is 5.32 Å². The molecule has 0 aliphatic carbocycles. The van der Waals surface area contributed by atoms with Crippen LogP contribution in [0.2, 0.25) is 0 Å². The molecule has 0 radical (unpaired) electrons. The summed E-state index contributed by atoms with van der Waals surface area (Å²) in [5, 5.41) is 2.59. The maximum absolute atomic E-state index is 12.6. The van der Waals surface area contributed by atoms with Gasteiger partial charge in [-0.25, -0.2) is 0 Å². The zero-order chi connectivity index (χ0) is 14.6. The highest BCUT2D eigenvalue weighted by atomic mass is 16.2. The summed E-state index contributed by atoms with van der Waals surface area (Å²) in [7, 11) is 0. The van der Waals surface area contributed by atoms with Crippen LogP contribution in [0.3, 0.4) is 0 Å². The number of hydrogen-bond acceptors (Lipinski definition) is 3. The summed E-state index contributed by atoms with van der Waals surface area (Å²) in [6.45, 7) is 8.31. The van der Waals surface area contributed by atoms with Crippen molar-refractivity contribution in [3.05, 3.63) is 0 Å². The number of amides is 2. The molecule has 108 valence electrons. The lowest BCUT2D eigenvalue weighted by molar-refractivity contribution is -0.140. The highest BCUT2D eigenvalue weighted by Gasteiger charge is 2.41. The Hall–Kier alpha value is -1.39. The van der Waals surface area contributed by atoms with E-state index < -0.39 is 6.04 Å². The first-order chi connectivity index (χ1) is 8.86. The molecule has 1 saturated heterocycles. The molecule has 5 heteroatoms. The van der Waals surface area contributed by atoms with Crippen molar-refractivity contribution in [1.29, 1.82) is 0 Å². The minimum atomic E-state index is -0.594. The molecule has 5 nitrogen and oxygen atoms in total. The van der Waals surface area contributed by atoms with Gasteiger partial charge in [-0.15, -0.1) is 0 Å². The van der Waals surface area contributed by atoms with E-state index in [-0.39, 0.29) is 23.3 Å². The second kappa shape index (κ2) is 6.17. The quantitative estimate of drug-likeness (QED) is 0.756. The van der Waals surface area contributed by atoms with Crippen molar-refractivity contribution in [1.82, 2.24) is 10.2 Å². The molecule has 2 amide bonds. The fourth-order valence-electron chi connectivity index (χ4n) is 2.69. The van der Waals surface area contributed by atoms with Gasteiger partial charge >= 0.3 is 0 Å². The molecule has 0 spiro atoms. The maximum atomic E-state index is 12.6. The molecule has 3 atom stereocenters. The van der Waals surface area contributed by atoms with Gasteiger partial charge in [0.15, 0.2) is 0 Å². The van der Waals surface area contributed by atoms with Crippen LogP contribution < -0.4 is 5.32 Å². The zero-order valence-electron chi connectivity index (χ0n) is 12.2. The Labute approximate surface area is 114 Å². The molecule has 1 rings (SSSR count). The van der Waals surface area contributed by atoms with Crippen LogP contribution in [0.1, 0.15) is 40.5 Å². The Morgan fingerprint density at radius 2 is 2.05 bits per heavy atom. The number of likely N-dealkylation sites (tertiary alicyclic amines) is 1. The SMILES string of the molecule is CCC1CCN(C(=O)[C@@H](NC=O)C(C)(C)C)C1C=O. The molecule has 0 saturated carbocycles. The lowest BCUT2D eigenvalue weighted by atomic mass is 9.85. The molecular formula is C14H24N2O3. The first kappa shape index (κ1) is 15.7. The van der Waals surface area contributed by atoms with Crippen LogP contribution in [0.25, 0.3) is 0 Å². The molecular weight excluding hydrogens is 244 g/mol. The summed E-state index contributed by atoms with van der Waals surface area (Å²) < 4.78 is 0. The van der Waals surface area contributed by atoms with E-state index in [1.54, 1.807) is 4.90 Å². The van der Waals surface area contributed by atoms with Gasteiger partial charge in [-0.05, 0) is 17.8 Å². The van der Waals surface area contributed by atoms with Gasteiger partial charge < -0.3 is 15.0 Å². The molecule has 0 aromatic carbocycles. The van der Waals surface area contributed by atoms with E-state index >= 15 is 0 Å². The first-order valence-corrected chi connectivity index (χ1v) is 6.82. The number of aldehydes is 1. The van der Waals surface area contributed by atoms with Gasteiger partial charge in [0.25, 0.3) is 0 Å². The molecule has 0 aromatic rings. The third kappa shape index (κ3) is 3.33. The summed E-state index contributed by atoms with van der Waals surface area (Å²) >= 11 is 0. The van der Waals surface area contributed by atoms with Crippen molar-refractivity contribution < 1.29 is 14.4 Å². The molecule has 19 heavy (non-hydrogen) atoms. The van der Waals surface area contributed by atoms with Crippen molar-refractivity contribution in [2.45, 2.75) is 52.6 Å². The third-order valence-electron chi connectivity index (χ3n) is 3.88. The van der Waals surface area contributed by atoms with Crippen molar-refractivity contribution in [2.75, 3.05) is 6.54 Å². The largest absolute Gasteiger partial charge is 0.346 e. The molecule has 2 unspecified atom stereocenters. The lowest BCUT2D eigenvalue weighted by Crippen LogP contribution is -2.54. The number of nitrogens with zero attached hydrogens (tertiary/aromatic N) is 1. The van der Waals surface area contributed by atoms with E-state index in [4.69, 9.17) is 0 Å². The molecule has 1 heterocycles. The van der Waals surface area contributed by atoms with Crippen molar-refractivity contribution in [3.8, 4) is 0 Å². The predicted octanol–water partition coefficient (Wildman–Crippen LogP) is 0.973. The van der Waals surface area contributed by atoms with Gasteiger partial charge in [0.05, 0.1) is 6.04 Å². The van der Waals surface area contributed by atoms with Crippen molar-refractivity contribution >= 4 is 18.6 Å². The van der Waals surface area contributed by atoms with Crippen LogP contribution in [0.4, 0.5) is 0 Å². The fraction of sp³-hybridized carbons (Fsp3) is 0.786.